The van der Waals surface area contributed by atoms with Crippen molar-refractivity contribution in [3.05, 3.63) is 87.8 Å². The second-order valence-corrected chi connectivity index (χ2v) is 6.03. The average Bonchev–Trinajstić information content (AvgIpc) is 2.62. The third-order valence-corrected chi connectivity index (χ3v) is 3.88. The van der Waals surface area contributed by atoms with Gasteiger partial charge in [-0.05, 0) is 42.7 Å². The van der Waals surface area contributed by atoms with Crippen molar-refractivity contribution in [2.75, 3.05) is 5.32 Å². The van der Waals surface area contributed by atoms with Gasteiger partial charge in [0.2, 0.25) is 5.91 Å². The zero-order valence-corrected chi connectivity index (χ0v) is 14.3. The van der Waals surface area contributed by atoms with Crippen molar-refractivity contribution < 1.29 is 9.90 Å². The minimum atomic E-state index is -0.433. The summed E-state index contributed by atoms with van der Waals surface area (Å²) in [5.41, 5.74) is 2.68. The van der Waals surface area contributed by atoms with E-state index in [1.165, 1.54) is 6.07 Å². The third-order valence-electron chi connectivity index (χ3n) is 3.88. The van der Waals surface area contributed by atoms with Gasteiger partial charge in [-0.25, -0.2) is 4.68 Å². The van der Waals surface area contributed by atoms with Gasteiger partial charge in [-0.2, -0.15) is 5.10 Å². The molecular weight excluding hydrogens is 330 g/mol. The minimum absolute atomic E-state index is 0.0280. The Hall–Kier alpha value is -3.41. The molecular formula is C20H19N3O3. The molecule has 1 aromatic heterocycles. The molecule has 1 amide bonds. The number of hydrogen-bond acceptors (Lipinski definition) is 4. The van der Waals surface area contributed by atoms with Gasteiger partial charge < -0.3 is 10.4 Å². The number of aromatic nitrogens is 2. The average molecular weight is 349 g/mol. The fourth-order valence-electron chi connectivity index (χ4n) is 2.61. The second-order valence-electron chi connectivity index (χ2n) is 6.03. The number of nitrogens with zero attached hydrogens (tertiary/aromatic N) is 2. The van der Waals surface area contributed by atoms with E-state index in [1.54, 1.807) is 25.1 Å². The molecule has 0 fully saturated rings. The topological polar surface area (TPSA) is 84.2 Å². The Morgan fingerprint density at radius 1 is 1.08 bits per heavy atom. The van der Waals surface area contributed by atoms with E-state index in [-0.39, 0.29) is 17.9 Å². The van der Waals surface area contributed by atoms with Crippen LogP contribution in [-0.2, 0) is 17.8 Å². The maximum absolute atomic E-state index is 12.2. The van der Waals surface area contributed by atoms with Crippen molar-refractivity contribution in [2.24, 2.45) is 0 Å². The molecule has 26 heavy (non-hydrogen) atoms. The van der Waals surface area contributed by atoms with Crippen molar-refractivity contribution in [3.8, 4) is 5.75 Å². The number of aryl methyl sites for hydroxylation is 1. The number of anilines is 1. The molecule has 6 nitrogen and oxygen atoms in total. The van der Waals surface area contributed by atoms with Crippen LogP contribution in [0, 0.1) is 6.92 Å². The first kappa shape index (κ1) is 17.4. The summed E-state index contributed by atoms with van der Waals surface area (Å²) in [6.45, 7) is 1.52. The van der Waals surface area contributed by atoms with E-state index in [0.717, 1.165) is 15.8 Å². The van der Waals surface area contributed by atoms with Crippen LogP contribution in [0.5, 0.6) is 5.75 Å². The predicted molar refractivity (Wildman–Crippen MR) is 99.2 cm³/mol. The summed E-state index contributed by atoms with van der Waals surface area (Å²) in [5, 5.41) is 16.7. The lowest BCUT2D eigenvalue weighted by atomic mass is 10.0. The molecule has 3 aromatic rings. The van der Waals surface area contributed by atoms with Crippen LogP contribution < -0.4 is 10.9 Å². The molecule has 0 aliphatic carbocycles. The molecule has 0 spiro atoms. The van der Waals surface area contributed by atoms with Gasteiger partial charge in [0.15, 0.2) is 0 Å². The SMILES string of the molecule is Cc1ccc(=O)n(CC(=O)Nc2cc(Cc3ccccc3)ccc2O)n1. The van der Waals surface area contributed by atoms with Crippen LogP contribution in [-0.4, -0.2) is 20.8 Å². The number of nitrogens with one attached hydrogen (secondary N) is 1. The number of aromatic hydroxyl groups is 1. The van der Waals surface area contributed by atoms with Crippen molar-refractivity contribution in [1.82, 2.24) is 9.78 Å². The Kier molecular flexibility index (Phi) is 5.12. The Bertz CT molecular complexity index is 981. The van der Waals surface area contributed by atoms with Crippen molar-refractivity contribution >= 4 is 11.6 Å². The maximum atomic E-state index is 12.2. The number of amides is 1. The van der Waals surface area contributed by atoms with Crippen molar-refractivity contribution in [1.29, 1.82) is 0 Å². The minimum Gasteiger partial charge on any atom is -0.506 e. The van der Waals surface area contributed by atoms with Crippen molar-refractivity contribution in [2.45, 2.75) is 19.9 Å². The molecule has 6 heteroatoms. The molecule has 0 aliphatic rings. The molecule has 0 unspecified atom stereocenters. The van der Waals surface area contributed by atoms with Crippen molar-refractivity contribution in [3.63, 3.8) is 0 Å². The van der Waals surface area contributed by atoms with Crippen LogP contribution in [0.4, 0.5) is 5.69 Å². The van der Waals surface area contributed by atoms with Crippen LogP contribution in [0.1, 0.15) is 16.8 Å². The predicted octanol–water partition coefficient (Wildman–Crippen LogP) is 2.49. The number of phenolic OH excluding ortho intramolecular Hbond substituents is 1. The number of phenols is 1. The summed E-state index contributed by atoms with van der Waals surface area (Å²) in [4.78, 5) is 24.0. The molecule has 0 bridgehead atoms. The van der Waals surface area contributed by atoms with E-state index in [4.69, 9.17) is 0 Å². The number of carbonyl (C=O) groups is 1. The summed E-state index contributed by atoms with van der Waals surface area (Å²) < 4.78 is 1.09. The Labute approximate surface area is 150 Å². The summed E-state index contributed by atoms with van der Waals surface area (Å²) >= 11 is 0. The lowest BCUT2D eigenvalue weighted by Gasteiger charge is -2.10. The highest BCUT2D eigenvalue weighted by Gasteiger charge is 2.10. The summed E-state index contributed by atoms with van der Waals surface area (Å²) in [5.74, 6) is -0.461. The molecule has 2 aromatic carbocycles. The molecule has 132 valence electrons. The maximum Gasteiger partial charge on any atom is 0.267 e. The van der Waals surface area contributed by atoms with Gasteiger partial charge in [0.05, 0.1) is 11.4 Å². The first-order chi connectivity index (χ1) is 12.5. The number of benzene rings is 2. The Morgan fingerprint density at radius 3 is 2.62 bits per heavy atom. The quantitative estimate of drug-likeness (QED) is 0.693. The smallest absolute Gasteiger partial charge is 0.267 e. The zero-order valence-electron chi connectivity index (χ0n) is 14.3. The zero-order chi connectivity index (χ0) is 18.5. The van der Waals surface area contributed by atoms with Crippen LogP contribution in [0.2, 0.25) is 0 Å². The summed E-state index contributed by atoms with van der Waals surface area (Å²) in [6.07, 6.45) is 0.683. The molecule has 1 heterocycles. The normalized spacial score (nSPS) is 10.5. The van der Waals surface area contributed by atoms with Gasteiger partial charge in [0, 0.05) is 6.07 Å². The summed E-state index contributed by atoms with van der Waals surface area (Å²) in [7, 11) is 0. The van der Waals surface area contributed by atoms with E-state index in [9.17, 15) is 14.7 Å². The standard InChI is InChI=1S/C20H19N3O3/c1-14-7-10-20(26)23(22-14)13-19(25)21-17-12-16(8-9-18(17)24)11-15-5-3-2-4-6-15/h2-10,12,24H,11,13H2,1H3,(H,21,25). The first-order valence-electron chi connectivity index (χ1n) is 8.22. The van der Waals surface area contributed by atoms with Gasteiger partial charge in [-0.15, -0.1) is 0 Å². The number of rotatable bonds is 5. The highest BCUT2D eigenvalue weighted by Crippen LogP contribution is 2.25. The van der Waals surface area contributed by atoms with Gasteiger partial charge in [0.25, 0.3) is 5.56 Å². The first-order valence-corrected chi connectivity index (χ1v) is 8.22. The number of hydrogen-bond donors (Lipinski definition) is 2. The van der Waals surface area contributed by atoms with Gasteiger partial charge in [0.1, 0.15) is 12.3 Å². The van der Waals surface area contributed by atoms with Gasteiger partial charge in [-0.1, -0.05) is 36.4 Å². The lowest BCUT2D eigenvalue weighted by molar-refractivity contribution is -0.117. The van der Waals surface area contributed by atoms with E-state index < -0.39 is 5.91 Å². The van der Waals surface area contributed by atoms with Gasteiger partial charge in [-0.3, -0.25) is 9.59 Å². The molecule has 2 N–H and O–H groups in total. The van der Waals surface area contributed by atoms with Crippen LogP contribution in [0.25, 0.3) is 0 Å². The molecule has 0 radical (unpaired) electrons. The van der Waals surface area contributed by atoms with Crippen LogP contribution >= 0.6 is 0 Å². The lowest BCUT2D eigenvalue weighted by Crippen LogP contribution is -2.29. The van der Waals surface area contributed by atoms with Crippen LogP contribution in [0.3, 0.4) is 0 Å². The number of carbonyl (C=O) groups excluding carboxylic acids is 1. The fraction of sp³-hybridized carbons (Fsp3) is 0.150. The Morgan fingerprint density at radius 2 is 1.85 bits per heavy atom. The molecule has 0 atom stereocenters. The second kappa shape index (κ2) is 7.65. The van der Waals surface area contributed by atoms with E-state index in [1.807, 2.05) is 36.4 Å². The highest BCUT2D eigenvalue weighted by atomic mass is 16.3. The molecule has 0 saturated carbocycles. The third kappa shape index (κ3) is 4.36. The molecule has 0 saturated heterocycles. The monoisotopic (exact) mass is 349 g/mol. The Balaban J connectivity index is 1.74. The highest BCUT2D eigenvalue weighted by molar-refractivity contribution is 5.92. The summed E-state index contributed by atoms with van der Waals surface area (Å²) in [6, 6.07) is 18.0. The molecule has 0 aliphatic heterocycles. The van der Waals surface area contributed by atoms with E-state index >= 15 is 0 Å². The van der Waals surface area contributed by atoms with Gasteiger partial charge >= 0.3 is 0 Å². The van der Waals surface area contributed by atoms with E-state index in [0.29, 0.717) is 17.8 Å². The fourth-order valence-corrected chi connectivity index (χ4v) is 2.61. The molecule has 3 rings (SSSR count). The van der Waals surface area contributed by atoms with Crippen LogP contribution in [0.15, 0.2) is 65.5 Å². The van der Waals surface area contributed by atoms with E-state index in [2.05, 4.69) is 10.4 Å². The largest absolute Gasteiger partial charge is 0.506 e.